The van der Waals surface area contributed by atoms with Crippen LogP contribution in [0.25, 0.3) is 0 Å². The Labute approximate surface area is 125 Å². The molecule has 0 radical (unpaired) electrons. The Balaban J connectivity index is 3.05. The van der Waals surface area contributed by atoms with Crippen molar-refractivity contribution < 1.29 is 0 Å². The van der Waals surface area contributed by atoms with Gasteiger partial charge in [0.1, 0.15) is 0 Å². The molecule has 1 nitrogen and oxygen atoms in total. The first-order valence-electron chi connectivity index (χ1n) is 7.95. The third-order valence-electron chi connectivity index (χ3n) is 4.40. The Morgan fingerprint density at radius 2 is 2.25 bits per heavy atom. The zero-order valence-corrected chi connectivity index (χ0v) is 13.7. The van der Waals surface area contributed by atoms with E-state index in [-0.39, 0.29) is 5.54 Å². The summed E-state index contributed by atoms with van der Waals surface area (Å²) in [7, 11) is 0. The summed E-state index contributed by atoms with van der Waals surface area (Å²) in [5, 5.41) is 0. The van der Waals surface area contributed by atoms with Crippen molar-refractivity contribution in [3.05, 3.63) is 48.7 Å². The zero-order valence-electron chi connectivity index (χ0n) is 13.7. The van der Waals surface area contributed by atoms with E-state index in [1.54, 1.807) is 0 Å². The fraction of sp³-hybridized carbons (Fsp3) is 0.579. The molecule has 0 spiro atoms. The third-order valence-corrected chi connectivity index (χ3v) is 4.40. The topological polar surface area (TPSA) is 3.24 Å². The Bertz CT molecular complexity index is 389. The molecule has 0 fully saturated rings. The Morgan fingerprint density at radius 3 is 2.80 bits per heavy atom. The highest BCUT2D eigenvalue weighted by molar-refractivity contribution is 5.19. The molecule has 0 heterocycles. The van der Waals surface area contributed by atoms with Crippen LogP contribution in [0.4, 0.5) is 0 Å². The molecule has 0 saturated heterocycles. The Hall–Kier alpha value is -1.24. The highest BCUT2D eigenvalue weighted by Gasteiger charge is 2.31. The summed E-state index contributed by atoms with van der Waals surface area (Å²) >= 11 is 0. The van der Waals surface area contributed by atoms with Crippen LogP contribution >= 0.6 is 0 Å². The fourth-order valence-electron chi connectivity index (χ4n) is 2.96. The summed E-state index contributed by atoms with van der Waals surface area (Å²) in [5.74, 6) is 0. The molecule has 0 amide bonds. The van der Waals surface area contributed by atoms with Gasteiger partial charge >= 0.3 is 0 Å². The van der Waals surface area contributed by atoms with Crippen molar-refractivity contribution in [2.24, 2.45) is 0 Å². The SMILES string of the molecule is C=CC/C=C\C(C)(CC)N(/C=C\C)C1CCCC=C1C. The lowest BCUT2D eigenvalue weighted by Gasteiger charge is -2.45. The van der Waals surface area contributed by atoms with Crippen molar-refractivity contribution in [1.29, 1.82) is 0 Å². The summed E-state index contributed by atoms with van der Waals surface area (Å²) in [4.78, 5) is 2.55. The summed E-state index contributed by atoms with van der Waals surface area (Å²) in [5.41, 5.74) is 1.60. The minimum atomic E-state index is 0.0760. The first kappa shape index (κ1) is 16.8. The second kappa shape index (κ2) is 8.14. The van der Waals surface area contributed by atoms with E-state index in [0.717, 1.165) is 12.8 Å². The van der Waals surface area contributed by atoms with Gasteiger partial charge in [0, 0.05) is 0 Å². The molecule has 2 unspecified atom stereocenters. The molecule has 1 rings (SSSR count). The molecule has 0 aromatic rings. The van der Waals surface area contributed by atoms with E-state index in [2.05, 4.69) is 69.7 Å². The average Bonchev–Trinajstić information content (AvgIpc) is 2.46. The van der Waals surface area contributed by atoms with Crippen molar-refractivity contribution in [2.75, 3.05) is 0 Å². The maximum absolute atomic E-state index is 3.80. The summed E-state index contributed by atoms with van der Waals surface area (Å²) in [6.07, 6.45) is 19.3. The maximum Gasteiger partial charge on any atom is 0.0554 e. The molecular weight excluding hydrogens is 242 g/mol. The van der Waals surface area contributed by atoms with Crippen LogP contribution in [0.5, 0.6) is 0 Å². The minimum absolute atomic E-state index is 0.0760. The van der Waals surface area contributed by atoms with Crippen molar-refractivity contribution in [1.82, 2.24) is 4.90 Å². The average molecular weight is 273 g/mol. The molecule has 0 aromatic carbocycles. The lowest BCUT2D eigenvalue weighted by Crippen LogP contribution is -2.48. The van der Waals surface area contributed by atoms with Gasteiger partial charge in [0.25, 0.3) is 0 Å². The number of rotatable bonds is 7. The highest BCUT2D eigenvalue weighted by atomic mass is 15.2. The van der Waals surface area contributed by atoms with Crippen molar-refractivity contribution >= 4 is 0 Å². The van der Waals surface area contributed by atoms with E-state index >= 15 is 0 Å². The summed E-state index contributed by atoms with van der Waals surface area (Å²) in [6.45, 7) is 12.8. The van der Waals surface area contributed by atoms with Crippen molar-refractivity contribution in [3.63, 3.8) is 0 Å². The molecule has 0 bridgehead atoms. The molecular formula is C19H31N. The van der Waals surface area contributed by atoms with Crippen LogP contribution < -0.4 is 0 Å². The van der Waals surface area contributed by atoms with Crippen LogP contribution in [0, 0.1) is 0 Å². The van der Waals surface area contributed by atoms with Gasteiger partial charge in [-0.05, 0) is 59.1 Å². The quantitative estimate of drug-likeness (QED) is 0.544. The van der Waals surface area contributed by atoms with Gasteiger partial charge < -0.3 is 4.90 Å². The van der Waals surface area contributed by atoms with E-state index in [4.69, 9.17) is 0 Å². The van der Waals surface area contributed by atoms with Gasteiger partial charge in [0.15, 0.2) is 0 Å². The lowest BCUT2D eigenvalue weighted by molar-refractivity contribution is 0.156. The number of nitrogens with zero attached hydrogens (tertiary/aromatic N) is 1. The molecule has 112 valence electrons. The molecule has 1 heteroatoms. The van der Waals surface area contributed by atoms with Crippen LogP contribution in [0.3, 0.4) is 0 Å². The Kier molecular flexibility index (Phi) is 6.84. The molecule has 1 aliphatic carbocycles. The molecule has 0 aliphatic heterocycles. The molecule has 1 aliphatic rings. The van der Waals surface area contributed by atoms with Crippen molar-refractivity contribution in [3.8, 4) is 0 Å². The van der Waals surface area contributed by atoms with E-state index in [1.165, 1.54) is 24.8 Å². The number of hydrogen-bond acceptors (Lipinski definition) is 1. The van der Waals surface area contributed by atoms with E-state index in [1.807, 2.05) is 6.08 Å². The number of allylic oxidation sites excluding steroid dienone is 4. The Morgan fingerprint density at radius 1 is 1.50 bits per heavy atom. The van der Waals surface area contributed by atoms with Gasteiger partial charge in [-0.15, -0.1) is 6.58 Å². The summed E-state index contributed by atoms with van der Waals surface area (Å²) < 4.78 is 0. The number of hydrogen-bond donors (Lipinski definition) is 0. The fourth-order valence-corrected chi connectivity index (χ4v) is 2.96. The third kappa shape index (κ3) is 4.13. The van der Waals surface area contributed by atoms with Gasteiger partial charge in [0.2, 0.25) is 0 Å². The van der Waals surface area contributed by atoms with Gasteiger partial charge in [-0.2, -0.15) is 0 Å². The van der Waals surface area contributed by atoms with E-state index in [9.17, 15) is 0 Å². The lowest BCUT2D eigenvalue weighted by atomic mass is 9.87. The van der Waals surface area contributed by atoms with Gasteiger partial charge in [-0.3, -0.25) is 0 Å². The second-order valence-electron chi connectivity index (χ2n) is 5.92. The van der Waals surface area contributed by atoms with Gasteiger partial charge in [-0.1, -0.05) is 42.9 Å². The maximum atomic E-state index is 3.80. The van der Waals surface area contributed by atoms with Crippen molar-refractivity contribution in [2.45, 2.75) is 71.4 Å². The predicted molar refractivity (Wildman–Crippen MR) is 90.7 cm³/mol. The van der Waals surface area contributed by atoms with E-state index < -0.39 is 0 Å². The van der Waals surface area contributed by atoms with Crippen LogP contribution in [0.1, 0.15) is 59.8 Å². The molecule has 0 N–H and O–H groups in total. The smallest absolute Gasteiger partial charge is 0.0554 e. The van der Waals surface area contributed by atoms with Crippen LogP contribution in [-0.2, 0) is 0 Å². The minimum Gasteiger partial charge on any atom is -0.362 e. The molecule has 2 atom stereocenters. The van der Waals surface area contributed by atoms with Crippen LogP contribution in [0.2, 0.25) is 0 Å². The van der Waals surface area contributed by atoms with Gasteiger partial charge in [0.05, 0.1) is 11.6 Å². The molecule has 0 saturated carbocycles. The van der Waals surface area contributed by atoms with Gasteiger partial charge in [-0.25, -0.2) is 0 Å². The second-order valence-corrected chi connectivity index (χ2v) is 5.92. The molecule has 20 heavy (non-hydrogen) atoms. The first-order valence-corrected chi connectivity index (χ1v) is 7.95. The molecule has 0 aromatic heterocycles. The monoisotopic (exact) mass is 273 g/mol. The largest absolute Gasteiger partial charge is 0.362 e. The predicted octanol–water partition coefficient (Wildman–Crippen LogP) is 5.62. The van der Waals surface area contributed by atoms with Crippen LogP contribution in [0.15, 0.2) is 48.7 Å². The summed E-state index contributed by atoms with van der Waals surface area (Å²) in [6, 6.07) is 0.540. The standard InChI is InChI=1S/C19H31N/c1-6-9-12-15-19(5,8-3)20(16-7-2)18-14-11-10-13-17(18)4/h6-7,12-13,15-16,18H,1,8-11,14H2,2-5H3/b15-12-,16-7-. The van der Waals surface area contributed by atoms with Crippen LogP contribution in [-0.4, -0.2) is 16.5 Å². The normalized spacial score (nSPS) is 22.8. The van der Waals surface area contributed by atoms with E-state index in [0.29, 0.717) is 6.04 Å². The first-order chi connectivity index (χ1) is 9.59. The zero-order chi connectivity index (χ0) is 15.0. The highest BCUT2D eigenvalue weighted by Crippen LogP contribution is 2.32.